The zero-order valence-corrected chi connectivity index (χ0v) is 11.2. The molecule has 0 saturated carbocycles. The summed E-state index contributed by atoms with van der Waals surface area (Å²) in [6.45, 7) is 1.80. The van der Waals surface area contributed by atoms with Gasteiger partial charge in [0, 0.05) is 5.69 Å². The lowest BCUT2D eigenvalue weighted by molar-refractivity contribution is -0.115. The molecule has 1 aromatic rings. The molecular formula is C10H12Cl2N2OS. The van der Waals surface area contributed by atoms with Crippen molar-refractivity contribution in [3.05, 3.63) is 22.2 Å². The second-order valence-electron chi connectivity index (χ2n) is 3.23. The molecule has 0 aliphatic rings. The molecule has 16 heavy (non-hydrogen) atoms. The third-order valence-corrected chi connectivity index (χ3v) is 3.55. The first-order valence-electron chi connectivity index (χ1n) is 4.54. The summed E-state index contributed by atoms with van der Waals surface area (Å²) >= 11 is 13.3. The van der Waals surface area contributed by atoms with Gasteiger partial charge >= 0.3 is 0 Å². The topological polar surface area (TPSA) is 55.1 Å². The molecule has 3 nitrogen and oxygen atoms in total. The molecule has 0 fully saturated rings. The number of hydrogen-bond acceptors (Lipinski definition) is 3. The summed E-state index contributed by atoms with van der Waals surface area (Å²) in [7, 11) is 0. The third kappa shape index (κ3) is 3.20. The second-order valence-corrected chi connectivity index (χ2v) is 5.22. The molecule has 6 heteroatoms. The third-order valence-electron chi connectivity index (χ3n) is 2.04. The van der Waals surface area contributed by atoms with Crippen LogP contribution >= 0.6 is 35.0 Å². The fourth-order valence-electron chi connectivity index (χ4n) is 1.04. The van der Waals surface area contributed by atoms with Crippen molar-refractivity contribution in [2.45, 2.75) is 12.2 Å². The van der Waals surface area contributed by atoms with Crippen molar-refractivity contribution >= 4 is 52.2 Å². The molecule has 0 aliphatic carbocycles. The molecule has 0 bridgehead atoms. The fraction of sp³-hybridized carbons (Fsp3) is 0.300. The van der Waals surface area contributed by atoms with Crippen LogP contribution in [0.2, 0.25) is 10.0 Å². The number of anilines is 2. The van der Waals surface area contributed by atoms with Gasteiger partial charge in [-0.15, -0.1) is 0 Å². The Labute approximate surface area is 109 Å². The fourth-order valence-corrected chi connectivity index (χ4v) is 1.92. The Morgan fingerprint density at radius 1 is 1.44 bits per heavy atom. The normalized spacial score (nSPS) is 12.2. The van der Waals surface area contributed by atoms with Gasteiger partial charge < -0.3 is 11.1 Å². The van der Waals surface area contributed by atoms with Gasteiger partial charge in [0.05, 0.1) is 21.0 Å². The molecule has 0 heterocycles. The molecule has 88 valence electrons. The van der Waals surface area contributed by atoms with Gasteiger partial charge in [-0.3, -0.25) is 4.79 Å². The Morgan fingerprint density at radius 3 is 2.38 bits per heavy atom. The number of hydrogen-bond donors (Lipinski definition) is 2. The lowest BCUT2D eigenvalue weighted by Crippen LogP contribution is -2.22. The monoisotopic (exact) mass is 278 g/mol. The van der Waals surface area contributed by atoms with Crippen LogP contribution in [-0.2, 0) is 4.79 Å². The maximum atomic E-state index is 11.7. The van der Waals surface area contributed by atoms with E-state index in [0.717, 1.165) is 0 Å². The quantitative estimate of drug-likeness (QED) is 0.835. The van der Waals surface area contributed by atoms with E-state index >= 15 is 0 Å². The lowest BCUT2D eigenvalue weighted by Gasteiger charge is -2.12. The van der Waals surface area contributed by atoms with Crippen LogP contribution in [-0.4, -0.2) is 17.4 Å². The summed E-state index contributed by atoms with van der Waals surface area (Å²) in [6, 6.07) is 3.10. The van der Waals surface area contributed by atoms with Crippen LogP contribution in [0.25, 0.3) is 0 Å². The highest BCUT2D eigenvalue weighted by Gasteiger charge is 2.15. The van der Waals surface area contributed by atoms with E-state index in [4.69, 9.17) is 28.9 Å². The largest absolute Gasteiger partial charge is 0.399 e. The molecule has 1 atom stereocenters. The van der Waals surface area contributed by atoms with Crippen LogP contribution in [0.3, 0.4) is 0 Å². The molecular weight excluding hydrogens is 267 g/mol. The minimum atomic E-state index is -0.162. The van der Waals surface area contributed by atoms with Crippen molar-refractivity contribution < 1.29 is 4.79 Å². The van der Waals surface area contributed by atoms with E-state index in [0.29, 0.717) is 21.4 Å². The minimum Gasteiger partial charge on any atom is -0.399 e. The summed E-state index contributed by atoms with van der Waals surface area (Å²) < 4.78 is 0. The number of nitrogens with one attached hydrogen (secondary N) is 1. The highest BCUT2D eigenvalue weighted by molar-refractivity contribution is 7.99. The van der Waals surface area contributed by atoms with Crippen LogP contribution in [0.15, 0.2) is 12.1 Å². The minimum absolute atomic E-state index is 0.138. The number of halogens is 2. The molecule has 1 aromatic carbocycles. The average Bonchev–Trinajstić information content (AvgIpc) is 2.21. The maximum absolute atomic E-state index is 11.7. The van der Waals surface area contributed by atoms with Gasteiger partial charge in [0.2, 0.25) is 5.91 Å². The molecule has 1 unspecified atom stereocenters. The molecule has 1 rings (SSSR count). The Bertz CT molecular complexity index is 389. The lowest BCUT2D eigenvalue weighted by atomic mass is 10.2. The zero-order valence-electron chi connectivity index (χ0n) is 8.88. The van der Waals surface area contributed by atoms with Crippen LogP contribution in [0.1, 0.15) is 6.92 Å². The summed E-state index contributed by atoms with van der Waals surface area (Å²) in [6.07, 6.45) is 1.86. The van der Waals surface area contributed by atoms with Gasteiger partial charge in [-0.2, -0.15) is 11.8 Å². The zero-order chi connectivity index (χ0) is 12.3. The van der Waals surface area contributed by atoms with E-state index in [1.54, 1.807) is 19.1 Å². The van der Waals surface area contributed by atoms with Gasteiger partial charge in [-0.25, -0.2) is 0 Å². The Balaban J connectivity index is 2.93. The Morgan fingerprint density at radius 2 is 1.94 bits per heavy atom. The number of nitrogen functional groups attached to an aromatic ring is 1. The number of thioether (sulfide) groups is 1. The number of rotatable bonds is 3. The van der Waals surface area contributed by atoms with Crippen LogP contribution in [0.4, 0.5) is 11.4 Å². The van der Waals surface area contributed by atoms with Gasteiger partial charge in [0.1, 0.15) is 0 Å². The van der Waals surface area contributed by atoms with E-state index < -0.39 is 0 Å². The second kappa shape index (κ2) is 5.66. The number of carbonyl (C=O) groups excluding carboxylic acids is 1. The van der Waals surface area contributed by atoms with Gasteiger partial charge in [0.15, 0.2) is 0 Å². The predicted octanol–water partition coefficient (Wildman–Crippen LogP) is 3.27. The SMILES string of the molecule is CSC(C)C(=O)Nc1c(Cl)cc(N)cc1Cl. The molecule has 1 amide bonds. The first kappa shape index (κ1) is 13.5. The van der Waals surface area contributed by atoms with E-state index in [2.05, 4.69) is 5.32 Å². The van der Waals surface area contributed by atoms with Crippen molar-refractivity contribution in [1.29, 1.82) is 0 Å². The van der Waals surface area contributed by atoms with Crippen molar-refractivity contribution in [3.63, 3.8) is 0 Å². The average molecular weight is 279 g/mol. The molecule has 0 aromatic heterocycles. The molecule has 0 radical (unpaired) electrons. The summed E-state index contributed by atoms with van der Waals surface area (Å²) in [4.78, 5) is 11.7. The standard InChI is InChI=1S/C10H12Cl2N2OS/c1-5(16-2)10(15)14-9-7(11)3-6(13)4-8(9)12/h3-5H,13H2,1-2H3,(H,14,15). The number of amides is 1. The molecule has 0 saturated heterocycles. The number of carbonyl (C=O) groups is 1. The Hall–Kier alpha value is -0.580. The summed E-state index contributed by atoms with van der Waals surface area (Å²) in [5.74, 6) is -0.138. The number of nitrogens with two attached hydrogens (primary N) is 1. The van der Waals surface area contributed by atoms with Crippen LogP contribution in [0.5, 0.6) is 0 Å². The van der Waals surface area contributed by atoms with Crippen LogP contribution < -0.4 is 11.1 Å². The van der Waals surface area contributed by atoms with Gasteiger partial charge in [-0.1, -0.05) is 23.2 Å². The van der Waals surface area contributed by atoms with E-state index in [-0.39, 0.29) is 11.2 Å². The highest BCUT2D eigenvalue weighted by atomic mass is 35.5. The molecule has 0 aliphatic heterocycles. The van der Waals surface area contributed by atoms with E-state index in [1.165, 1.54) is 11.8 Å². The van der Waals surface area contributed by atoms with E-state index in [1.807, 2.05) is 6.26 Å². The van der Waals surface area contributed by atoms with E-state index in [9.17, 15) is 4.79 Å². The summed E-state index contributed by atoms with van der Waals surface area (Å²) in [5.41, 5.74) is 6.43. The first-order chi connectivity index (χ1) is 7.45. The predicted molar refractivity (Wildman–Crippen MR) is 72.5 cm³/mol. The van der Waals surface area contributed by atoms with Crippen molar-refractivity contribution in [1.82, 2.24) is 0 Å². The smallest absolute Gasteiger partial charge is 0.237 e. The first-order valence-corrected chi connectivity index (χ1v) is 6.58. The Kier molecular flexibility index (Phi) is 4.77. The molecule has 3 N–H and O–H groups in total. The van der Waals surface area contributed by atoms with Crippen LogP contribution in [0, 0.1) is 0 Å². The number of benzene rings is 1. The van der Waals surface area contributed by atoms with Crippen molar-refractivity contribution in [2.75, 3.05) is 17.3 Å². The summed E-state index contributed by atoms with van der Waals surface area (Å²) in [5, 5.41) is 3.19. The molecule has 0 spiro atoms. The maximum Gasteiger partial charge on any atom is 0.237 e. The van der Waals surface area contributed by atoms with Crippen molar-refractivity contribution in [3.8, 4) is 0 Å². The van der Waals surface area contributed by atoms with Gasteiger partial charge in [-0.05, 0) is 25.3 Å². The van der Waals surface area contributed by atoms with Crippen molar-refractivity contribution in [2.24, 2.45) is 0 Å². The van der Waals surface area contributed by atoms with Gasteiger partial charge in [0.25, 0.3) is 0 Å². The highest BCUT2D eigenvalue weighted by Crippen LogP contribution is 2.33.